The fourth-order valence-corrected chi connectivity index (χ4v) is 4.12. The Labute approximate surface area is 219 Å². The van der Waals surface area contributed by atoms with Crippen molar-refractivity contribution in [2.45, 2.75) is 58.7 Å². The average Bonchev–Trinajstić information content (AvgIpc) is 2.86. The van der Waals surface area contributed by atoms with E-state index >= 15 is 0 Å². The summed E-state index contributed by atoms with van der Waals surface area (Å²) in [7, 11) is 0. The van der Waals surface area contributed by atoms with Gasteiger partial charge in [0.05, 0.1) is 0 Å². The van der Waals surface area contributed by atoms with E-state index < -0.39 is 6.04 Å². The first-order valence-corrected chi connectivity index (χ1v) is 12.7. The van der Waals surface area contributed by atoms with Crippen LogP contribution < -0.4 is 10.1 Å². The zero-order valence-electron chi connectivity index (χ0n) is 21.4. The number of ether oxygens (including phenoxy) is 1. The summed E-state index contributed by atoms with van der Waals surface area (Å²) in [4.78, 5) is 28.6. The minimum atomic E-state index is -0.731. The Hall–Kier alpha value is -3.31. The van der Waals surface area contributed by atoms with Crippen LogP contribution in [0, 0.1) is 0 Å². The van der Waals surface area contributed by atoms with Gasteiger partial charge in [-0.3, -0.25) is 9.59 Å². The summed E-state index contributed by atoms with van der Waals surface area (Å²) < 4.78 is 5.86. The van der Waals surface area contributed by atoms with Crippen LogP contribution in [0.15, 0.2) is 78.9 Å². The topological polar surface area (TPSA) is 58.6 Å². The largest absolute Gasteiger partial charge is 0.484 e. The number of nitrogens with one attached hydrogen (secondary N) is 1. The molecule has 1 atom stereocenters. The molecule has 1 N–H and O–H groups in total. The SMILES string of the molecule is CC(C)NC(=O)[C@H](Cc1ccccc1)N(Cc1ccccc1Cl)C(=O)COc1ccc(C(C)C)cc1. The summed E-state index contributed by atoms with van der Waals surface area (Å²) in [6.45, 7) is 8.06. The highest BCUT2D eigenvalue weighted by atomic mass is 35.5. The summed E-state index contributed by atoms with van der Waals surface area (Å²) in [5, 5.41) is 3.53. The van der Waals surface area contributed by atoms with Crippen LogP contribution in [0.3, 0.4) is 0 Å². The van der Waals surface area contributed by atoms with E-state index in [1.54, 1.807) is 11.0 Å². The second-order valence-corrected chi connectivity index (χ2v) is 9.90. The molecular formula is C30H35ClN2O3. The molecule has 0 aliphatic carbocycles. The molecule has 0 radical (unpaired) electrons. The second-order valence-electron chi connectivity index (χ2n) is 9.49. The Morgan fingerprint density at radius 1 is 0.889 bits per heavy atom. The van der Waals surface area contributed by atoms with E-state index in [-0.39, 0.29) is 31.0 Å². The normalized spacial score (nSPS) is 11.9. The molecule has 0 aliphatic heterocycles. The third kappa shape index (κ3) is 7.85. The van der Waals surface area contributed by atoms with Crippen molar-refractivity contribution in [1.82, 2.24) is 10.2 Å². The van der Waals surface area contributed by atoms with Gasteiger partial charge < -0.3 is 15.0 Å². The van der Waals surface area contributed by atoms with Crippen molar-refractivity contribution in [3.8, 4) is 5.75 Å². The van der Waals surface area contributed by atoms with Crippen LogP contribution in [-0.2, 0) is 22.6 Å². The van der Waals surface area contributed by atoms with Crippen LogP contribution in [0.1, 0.15) is 50.3 Å². The first-order chi connectivity index (χ1) is 17.2. The number of hydrogen-bond acceptors (Lipinski definition) is 3. The van der Waals surface area contributed by atoms with Gasteiger partial charge in [-0.25, -0.2) is 0 Å². The van der Waals surface area contributed by atoms with E-state index in [9.17, 15) is 9.59 Å². The quantitative estimate of drug-likeness (QED) is 0.346. The molecule has 0 heterocycles. The summed E-state index contributed by atoms with van der Waals surface area (Å²) in [5.41, 5.74) is 2.93. The van der Waals surface area contributed by atoms with E-state index in [1.165, 1.54) is 5.56 Å². The predicted molar refractivity (Wildman–Crippen MR) is 145 cm³/mol. The van der Waals surface area contributed by atoms with Gasteiger partial charge in [-0.15, -0.1) is 0 Å². The third-order valence-electron chi connectivity index (χ3n) is 5.91. The van der Waals surface area contributed by atoms with Crippen LogP contribution >= 0.6 is 11.6 Å². The first-order valence-electron chi connectivity index (χ1n) is 12.3. The zero-order valence-corrected chi connectivity index (χ0v) is 22.2. The van der Waals surface area contributed by atoms with Gasteiger partial charge in [-0.05, 0) is 54.7 Å². The highest BCUT2D eigenvalue weighted by Crippen LogP contribution is 2.22. The van der Waals surface area contributed by atoms with Crippen molar-refractivity contribution in [3.05, 3.63) is 101 Å². The molecule has 0 saturated carbocycles. The third-order valence-corrected chi connectivity index (χ3v) is 6.28. The molecule has 0 spiro atoms. The predicted octanol–water partition coefficient (Wildman–Crippen LogP) is 6.01. The molecule has 5 nitrogen and oxygen atoms in total. The van der Waals surface area contributed by atoms with E-state index in [4.69, 9.17) is 16.3 Å². The molecular weight excluding hydrogens is 472 g/mol. The van der Waals surface area contributed by atoms with Crippen molar-refractivity contribution >= 4 is 23.4 Å². The minimum absolute atomic E-state index is 0.0660. The van der Waals surface area contributed by atoms with Crippen LogP contribution in [-0.4, -0.2) is 35.4 Å². The lowest BCUT2D eigenvalue weighted by Gasteiger charge is -2.32. The molecule has 3 rings (SSSR count). The lowest BCUT2D eigenvalue weighted by molar-refractivity contribution is -0.143. The van der Waals surface area contributed by atoms with E-state index in [0.29, 0.717) is 23.1 Å². The molecule has 0 bridgehead atoms. The Kier molecular flexibility index (Phi) is 9.95. The standard InChI is InChI=1S/C30H35ClN2O3/c1-21(2)24-14-16-26(17-15-24)36-20-29(34)33(19-25-12-8-9-13-27(25)31)28(30(35)32-22(3)4)18-23-10-6-5-7-11-23/h5-17,21-22,28H,18-20H2,1-4H3,(H,32,35)/t28-/m0/s1. The lowest BCUT2D eigenvalue weighted by Crippen LogP contribution is -2.52. The summed E-state index contributed by atoms with van der Waals surface area (Å²) >= 11 is 6.45. The molecule has 190 valence electrons. The monoisotopic (exact) mass is 506 g/mol. The maximum absolute atomic E-state index is 13.6. The summed E-state index contributed by atoms with van der Waals surface area (Å²) in [6.07, 6.45) is 0.374. The number of benzene rings is 3. The molecule has 3 aromatic carbocycles. The van der Waals surface area contributed by atoms with Gasteiger partial charge in [0.2, 0.25) is 5.91 Å². The summed E-state index contributed by atoms with van der Waals surface area (Å²) in [5.74, 6) is 0.514. The molecule has 0 fully saturated rings. The lowest BCUT2D eigenvalue weighted by atomic mass is 10.0. The number of halogens is 1. The van der Waals surface area contributed by atoms with Gasteiger partial charge >= 0.3 is 0 Å². The van der Waals surface area contributed by atoms with Gasteiger partial charge in [0.15, 0.2) is 6.61 Å². The van der Waals surface area contributed by atoms with Crippen molar-refractivity contribution < 1.29 is 14.3 Å². The molecule has 6 heteroatoms. The molecule has 3 aromatic rings. The van der Waals surface area contributed by atoms with Crippen molar-refractivity contribution in [3.63, 3.8) is 0 Å². The Morgan fingerprint density at radius 3 is 2.14 bits per heavy atom. The van der Waals surface area contributed by atoms with Crippen LogP contribution in [0.2, 0.25) is 5.02 Å². The molecule has 36 heavy (non-hydrogen) atoms. The van der Waals surface area contributed by atoms with Gasteiger partial charge in [-0.2, -0.15) is 0 Å². The van der Waals surface area contributed by atoms with Gasteiger partial charge in [-0.1, -0.05) is 86.1 Å². The Bertz CT molecular complexity index is 1130. The van der Waals surface area contributed by atoms with E-state index in [2.05, 4.69) is 19.2 Å². The molecule has 0 aliphatic rings. The number of hydrogen-bond donors (Lipinski definition) is 1. The van der Waals surface area contributed by atoms with Gasteiger partial charge in [0, 0.05) is 24.0 Å². The van der Waals surface area contributed by atoms with Crippen LogP contribution in [0.5, 0.6) is 5.75 Å². The maximum atomic E-state index is 13.6. The van der Waals surface area contributed by atoms with E-state index in [1.807, 2.05) is 86.6 Å². The fraction of sp³-hybridized carbons (Fsp3) is 0.333. The minimum Gasteiger partial charge on any atom is -0.484 e. The number of nitrogens with zero attached hydrogens (tertiary/aromatic N) is 1. The molecule has 0 unspecified atom stereocenters. The first kappa shape index (κ1) is 27.3. The van der Waals surface area contributed by atoms with Crippen LogP contribution in [0.4, 0.5) is 0 Å². The van der Waals surface area contributed by atoms with Crippen molar-refractivity contribution in [2.75, 3.05) is 6.61 Å². The zero-order chi connectivity index (χ0) is 26.1. The molecule has 0 saturated heterocycles. The summed E-state index contributed by atoms with van der Waals surface area (Å²) in [6, 6.07) is 24.0. The highest BCUT2D eigenvalue weighted by molar-refractivity contribution is 6.31. The average molecular weight is 507 g/mol. The van der Waals surface area contributed by atoms with E-state index in [0.717, 1.165) is 11.1 Å². The number of carbonyl (C=O) groups excluding carboxylic acids is 2. The fourth-order valence-electron chi connectivity index (χ4n) is 3.92. The van der Waals surface area contributed by atoms with Crippen molar-refractivity contribution in [2.24, 2.45) is 0 Å². The Balaban J connectivity index is 1.89. The van der Waals surface area contributed by atoms with Crippen LogP contribution in [0.25, 0.3) is 0 Å². The Morgan fingerprint density at radius 2 is 1.53 bits per heavy atom. The number of rotatable bonds is 11. The van der Waals surface area contributed by atoms with Crippen molar-refractivity contribution in [1.29, 1.82) is 0 Å². The smallest absolute Gasteiger partial charge is 0.261 e. The second kappa shape index (κ2) is 13.1. The molecule has 0 aromatic heterocycles. The number of amides is 2. The number of carbonyl (C=O) groups is 2. The van der Waals surface area contributed by atoms with Gasteiger partial charge in [0.25, 0.3) is 5.91 Å². The highest BCUT2D eigenvalue weighted by Gasteiger charge is 2.31. The van der Waals surface area contributed by atoms with Gasteiger partial charge in [0.1, 0.15) is 11.8 Å². The maximum Gasteiger partial charge on any atom is 0.261 e. The molecule has 2 amide bonds.